The van der Waals surface area contributed by atoms with Gasteiger partial charge in [-0.05, 0) is 13.8 Å². The number of rotatable bonds is 4. The van der Waals surface area contributed by atoms with E-state index in [4.69, 9.17) is 0 Å². The lowest BCUT2D eigenvalue weighted by Crippen LogP contribution is -2.06. The van der Waals surface area contributed by atoms with Gasteiger partial charge in [-0.1, -0.05) is 6.58 Å². The Morgan fingerprint density at radius 2 is 2.08 bits per heavy atom. The molecule has 0 saturated carbocycles. The van der Waals surface area contributed by atoms with Crippen molar-refractivity contribution < 1.29 is 19.1 Å². The fraction of sp³-hybridized carbons (Fsp3) is 0.333. The summed E-state index contributed by atoms with van der Waals surface area (Å²) in [5, 5.41) is 0. The van der Waals surface area contributed by atoms with Crippen LogP contribution in [0.3, 0.4) is 0 Å². The molecule has 0 rings (SSSR count). The van der Waals surface area contributed by atoms with Crippen LogP contribution in [0.2, 0.25) is 0 Å². The van der Waals surface area contributed by atoms with Crippen LogP contribution in [-0.4, -0.2) is 18.5 Å². The van der Waals surface area contributed by atoms with Gasteiger partial charge >= 0.3 is 11.9 Å². The molecule has 0 aromatic rings. The Hall–Kier alpha value is -1.58. The highest BCUT2D eigenvalue weighted by molar-refractivity contribution is 5.88. The number of carbonyl (C=O) groups is 2. The van der Waals surface area contributed by atoms with Crippen molar-refractivity contribution in [2.45, 2.75) is 13.8 Å². The van der Waals surface area contributed by atoms with Gasteiger partial charge in [0.25, 0.3) is 0 Å². The molecule has 4 nitrogen and oxygen atoms in total. The number of hydrogen-bond acceptors (Lipinski definition) is 4. The van der Waals surface area contributed by atoms with Crippen LogP contribution in [0.4, 0.5) is 0 Å². The molecule has 0 bridgehead atoms. The molecule has 4 heteroatoms. The first-order chi connectivity index (χ1) is 6.11. The van der Waals surface area contributed by atoms with Gasteiger partial charge in [0.15, 0.2) is 0 Å². The summed E-state index contributed by atoms with van der Waals surface area (Å²) in [5.41, 5.74) is 0.233. The van der Waals surface area contributed by atoms with Gasteiger partial charge in [0.05, 0.1) is 12.2 Å². The number of carbonyl (C=O) groups excluding carboxylic acids is 2. The zero-order valence-electron chi connectivity index (χ0n) is 7.70. The molecule has 0 heterocycles. The first-order valence-corrected chi connectivity index (χ1v) is 3.78. The SMILES string of the molecule is C=CC(=O)OC=C(C)C(=O)OCC. The number of ether oxygens (including phenoxy) is 2. The smallest absolute Gasteiger partial charge is 0.336 e. The van der Waals surface area contributed by atoms with E-state index in [0.717, 1.165) is 12.3 Å². The minimum Gasteiger partial charge on any atom is -0.463 e. The molecular weight excluding hydrogens is 172 g/mol. The molecule has 0 spiro atoms. The maximum absolute atomic E-state index is 10.9. The third kappa shape index (κ3) is 4.79. The topological polar surface area (TPSA) is 52.6 Å². The Morgan fingerprint density at radius 3 is 2.54 bits per heavy atom. The summed E-state index contributed by atoms with van der Waals surface area (Å²) in [6.45, 7) is 6.68. The Labute approximate surface area is 76.8 Å². The molecular formula is C9H12O4. The van der Waals surface area contributed by atoms with Gasteiger partial charge in [-0.25, -0.2) is 9.59 Å². The highest BCUT2D eigenvalue weighted by Crippen LogP contribution is 1.97. The van der Waals surface area contributed by atoms with E-state index in [9.17, 15) is 9.59 Å². The zero-order chi connectivity index (χ0) is 10.3. The summed E-state index contributed by atoms with van der Waals surface area (Å²) in [5.74, 6) is -1.11. The van der Waals surface area contributed by atoms with E-state index in [2.05, 4.69) is 16.1 Å². The van der Waals surface area contributed by atoms with Crippen molar-refractivity contribution in [1.82, 2.24) is 0 Å². The average Bonchev–Trinajstić information content (AvgIpc) is 2.13. The normalized spacial score (nSPS) is 10.5. The fourth-order valence-corrected chi connectivity index (χ4v) is 0.488. The van der Waals surface area contributed by atoms with Crippen molar-refractivity contribution in [3.05, 3.63) is 24.5 Å². The van der Waals surface area contributed by atoms with Crippen LogP contribution in [-0.2, 0) is 19.1 Å². The Kier molecular flexibility index (Phi) is 5.27. The quantitative estimate of drug-likeness (QED) is 0.374. The number of hydrogen-bond donors (Lipinski definition) is 0. The monoisotopic (exact) mass is 184 g/mol. The Bertz CT molecular complexity index is 240. The van der Waals surface area contributed by atoms with Gasteiger partial charge < -0.3 is 9.47 Å². The number of esters is 2. The van der Waals surface area contributed by atoms with E-state index < -0.39 is 11.9 Å². The molecule has 0 aromatic carbocycles. The molecule has 0 radical (unpaired) electrons. The van der Waals surface area contributed by atoms with Crippen molar-refractivity contribution in [1.29, 1.82) is 0 Å². The highest BCUT2D eigenvalue weighted by Gasteiger charge is 2.04. The molecule has 0 aromatic heterocycles. The minimum absolute atomic E-state index is 0.233. The lowest BCUT2D eigenvalue weighted by molar-refractivity contribution is -0.138. The molecule has 0 aliphatic heterocycles. The first-order valence-electron chi connectivity index (χ1n) is 3.78. The van der Waals surface area contributed by atoms with Crippen LogP contribution in [0, 0.1) is 0 Å². The van der Waals surface area contributed by atoms with E-state index >= 15 is 0 Å². The largest absolute Gasteiger partial charge is 0.463 e. The molecule has 0 fully saturated rings. The van der Waals surface area contributed by atoms with Gasteiger partial charge in [-0.15, -0.1) is 0 Å². The van der Waals surface area contributed by atoms with Crippen LogP contribution in [0.25, 0.3) is 0 Å². The summed E-state index contributed by atoms with van der Waals surface area (Å²) in [6, 6.07) is 0. The van der Waals surface area contributed by atoms with Gasteiger partial charge in [0.1, 0.15) is 6.26 Å². The predicted octanol–water partition coefficient (Wildman–Crippen LogP) is 1.18. The van der Waals surface area contributed by atoms with E-state index in [1.165, 1.54) is 6.92 Å². The fourth-order valence-electron chi connectivity index (χ4n) is 0.488. The zero-order valence-corrected chi connectivity index (χ0v) is 7.70. The Morgan fingerprint density at radius 1 is 1.46 bits per heavy atom. The third-order valence-corrected chi connectivity index (χ3v) is 1.12. The lowest BCUT2D eigenvalue weighted by Gasteiger charge is -2.00. The molecule has 0 aliphatic carbocycles. The summed E-state index contributed by atoms with van der Waals surface area (Å²) < 4.78 is 9.15. The molecule has 13 heavy (non-hydrogen) atoms. The average molecular weight is 184 g/mol. The predicted molar refractivity (Wildman–Crippen MR) is 46.7 cm³/mol. The summed E-state index contributed by atoms with van der Waals surface area (Å²) in [4.78, 5) is 21.5. The van der Waals surface area contributed by atoms with Gasteiger partial charge in [0, 0.05) is 6.08 Å². The van der Waals surface area contributed by atoms with Crippen LogP contribution in [0.5, 0.6) is 0 Å². The molecule has 0 N–H and O–H groups in total. The first kappa shape index (κ1) is 11.4. The van der Waals surface area contributed by atoms with Gasteiger partial charge in [-0.3, -0.25) is 0 Å². The maximum atomic E-state index is 10.9. The summed E-state index contributed by atoms with van der Waals surface area (Å²) in [6.07, 6.45) is 2.05. The summed E-state index contributed by atoms with van der Waals surface area (Å²) in [7, 11) is 0. The van der Waals surface area contributed by atoms with E-state index in [0.29, 0.717) is 6.61 Å². The van der Waals surface area contributed by atoms with Crippen molar-refractivity contribution in [3.8, 4) is 0 Å². The van der Waals surface area contributed by atoms with E-state index in [1.807, 2.05) is 0 Å². The molecule has 0 aliphatic rings. The van der Waals surface area contributed by atoms with Gasteiger partial charge in [-0.2, -0.15) is 0 Å². The maximum Gasteiger partial charge on any atom is 0.336 e. The van der Waals surface area contributed by atoms with Gasteiger partial charge in [0.2, 0.25) is 0 Å². The van der Waals surface area contributed by atoms with Crippen molar-refractivity contribution >= 4 is 11.9 Å². The van der Waals surface area contributed by atoms with E-state index in [1.54, 1.807) is 6.92 Å². The van der Waals surface area contributed by atoms with Crippen LogP contribution in [0.1, 0.15) is 13.8 Å². The second kappa shape index (κ2) is 5.99. The van der Waals surface area contributed by atoms with Crippen LogP contribution < -0.4 is 0 Å². The van der Waals surface area contributed by atoms with Crippen LogP contribution in [0.15, 0.2) is 24.5 Å². The third-order valence-electron chi connectivity index (χ3n) is 1.12. The molecule has 72 valence electrons. The second-order valence-corrected chi connectivity index (χ2v) is 2.16. The Balaban J connectivity index is 4.08. The molecule has 0 saturated heterocycles. The van der Waals surface area contributed by atoms with Crippen molar-refractivity contribution in [2.75, 3.05) is 6.61 Å². The standard InChI is InChI=1S/C9H12O4/c1-4-8(10)13-6-7(3)9(11)12-5-2/h4,6H,1,5H2,2-3H3. The molecule has 0 atom stereocenters. The highest BCUT2D eigenvalue weighted by atomic mass is 16.5. The van der Waals surface area contributed by atoms with Crippen LogP contribution >= 0.6 is 0 Å². The van der Waals surface area contributed by atoms with Crippen molar-refractivity contribution in [2.24, 2.45) is 0 Å². The van der Waals surface area contributed by atoms with E-state index in [-0.39, 0.29) is 5.57 Å². The molecule has 0 amide bonds. The van der Waals surface area contributed by atoms with Crippen molar-refractivity contribution in [3.63, 3.8) is 0 Å². The lowest BCUT2D eigenvalue weighted by atomic mass is 10.3. The minimum atomic E-state index is -0.608. The second-order valence-electron chi connectivity index (χ2n) is 2.16. The summed E-state index contributed by atoms with van der Waals surface area (Å²) >= 11 is 0. The molecule has 0 unspecified atom stereocenters.